The molecule has 1 heterocycles. The molecule has 1 fully saturated rings. The van der Waals surface area contributed by atoms with Gasteiger partial charge in [0.1, 0.15) is 0 Å². The van der Waals surface area contributed by atoms with E-state index in [0.29, 0.717) is 17.9 Å². The molecule has 0 saturated carbocycles. The van der Waals surface area contributed by atoms with Crippen LogP contribution in [0.2, 0.25) is 18.1 Å². The Balaban J connectivity index is 2.04. The average Bonchev–Trinajstić information content (AvgIpc) is 2.73. The molecule has 2 aliphatic rings. The minimum absolute atomic E-state index is 0.233. The van der Waals surface area contributed by atoms with Crippen LogP contribution >= 0.6 is 0 Å². The Morgan fingerprint density at radius 3 is 2.62 bits per heavy atom. The van der Waals surface area contributed by atoms with E-state index >= 15 is 0 Å². The number of carbonyl (C=O) groups excluding carboxylic acids is 1. The van der Waals surface area contributed by atoms with Crippen molar-refractivity contribution in [3.63, 3.8) is 0 Å². The number of fused-ring (bicyclic) bond motifs is 1. The molecular weight excluding hydrogens is 277 g/mol. The maximum atomic E-state index is 10.9. The Hall–Kier alpha value is -0.388. The maximum Gasteiger partial charge on any atom is 0.293 e. The van der Waals surface area contributed by atoms with Crippen LogP contribution in [-0.2, 0) is 9.22 Å². The van der Waals surface area contributed by atoms with Crippen LogP contribution in [0.15, 0.2) is 12.2 Å². The second kappa shape index (κ2) is 6.39. The fourth-order valence-corrected chi connectivity index (χ4v) is 4.22. The molecule has 1 aliphatic heterocycles. The summed E-state index contributed by atoms with van der Waals surface area (Å²) in [6.45, 7) is 13.2. The molecule has 2 rings (SSSR count). The Morgan fingerprint density at radius 1 is 1.33 bits per heavy atom. The molecule has 0 spiro atoms. The lowest BCUT2D eigenvalue weighted by molar-refractivity contribution is 0.184. The lowest BCUT2D eigenvalue weighted by atomic mass is 9.82. The molecule has 0 aromatic heterocycles. The lowest BCUT2D eigenvalue weighted by Gasteiger charge is -2.39. The van der Waals surface area contributed by atoms with Crippen molar-refractivity contribution in [2.45, 2.75) is 57.8 Å². The van der Waals surface area contributed by atoms with Crippen molar-refractivity contribution in [1.29, 1.82) is 0 Å². The number of carbonyl (C=O) groups is 1. The van der Waals surface area contributed by atoms with E-state index < -0.39 is 8.32 Å². The Kier molecular flexibility index (Phi) is 5.16. The predicted molar refractivity (Wildman–Crippen MR) is 91.5 cm³/mol. The van der Waals surface area contributed by atoms with Gasteiger partial charge in [-0.3, -0.25) is 0 Å². The van der Waals surface area contributed by atoms with E-state index in [0.717, 1.165) is 32.2 Å². The standard InChI is InChI=1S/C16H29BNO2Si/c1-16(2,3)21(4,5)20-11-15-14-9-7-6-8-13(14)10-18(15)17-12-19/h6-7,12-15H,8-11H2,1-5H3/t13?,14?,15-/m1/s1. The molecule has 1 aliphatic carbocycles. The van der Waals surface area contributed by atoms with Crippen LogP contribution in [-0.4, -0.2) is 45.9 Å². The van der Waals surface area contributed by atoms with Gasteiger partial charge in [0.05, 0.1) is 6.19 Å². The Morgan fingerprint density at radius 2 is 2.00 bits per heavy atom. The summed E-state index contributed by atoms with van der Waals surface area (Å²) in [6.07, 6.45) is 7.77. The molecule has 21 heavy (non-hydrogen) atoms. The largest absolute Gasteiger partial charge is 0.415 e. The molecule has 0 bridgehead atoms. The first kappa shape index (κ1) is 17.0. The quantitative estimate of drug-likeness (QED) is 0.444. The number of allylic oxidation sites excluding steroid dienone is 2. The van der Waals surface area contributed by atoms with Crippen LogP contribution in [0, 0.1) is 11.8 Å². The normalized spacial score (nSPS) is 30.2. The van der Waals surface area contributed by atoms with Crippen LogP contribution in [0.1, 0.15) is 33.6 Å². The molecular formula is C16H29BNO2Si. The Labute approximate surface area is 131 Å². The number of rotatable bonds is 5. The summed E-state index contributed by atoms with van der Waals surface area (Å²) in [6, 6.07) is 0.360. The molecule has 0 N–H and O–H groups in total. The third-order valence-electron chi connectivity index (χ3n) is 5.66. The van der Waals surface area contributed by atoms with E-state index in [1.165, 1.54) is 0 Å². The highest BCUT2D eigenvalue weighted by Gasteiger charge is 2.44. The summed E-state index contributed by atoms with van der Waals surface area (Å²) in [5.74, 6) is 1.31. The summed E-state index contributed by atoms with van der Waals surface area (Å²) in [7, 11) is -0.00820. The van der Waals surface area contributed by atoms with Gasteiger partial charge in [0, 0.05) is 12.6 Å². The molecule has 2 unspecified atom stereocenters. The van der Waals surface area contributed by atoms with Crippen molar-refractivity contribution in [1.82, 2.24) is 4.81 Å². The van der Waals surface area contributed by atoms with Crippen LogP contribution in [0.3, 0.4) is 0 Å². The smallest absolute Gasteiger partial charge is 0.293 e. The minimum Gasteiger partial charge on any atom is -0.415 e. The van der Waals surface area contributed by atoms with Crippen LogP contribution in [0.25, 0.3) is 0 Å². The molecule has 5 heteroatoms. The third-order valence-corrected chi connectivity index (χ3v) is 10.2. The zero-order valence-electron chi connectivity index (χ0n) is 14.1. The van der Waals surface area contributed by atoms with E-state index in [-0.39, 0.29) is 5.04 Å². The van der Waals surface area contributed by atoms with Crippen LogP contribution in [0.5, 0.6) is 0 Å². The van der Waals surface area contributed by atoms with Gasteiger partial charge in [-0.05, 0) is 49.4 Å². The third kappa shape index (κ3) is 3.69. The van der Waals surface area contributed by atoms with Gasteiger partial charge >= 0.3 is 0 Å². The maximum absolute atomic E-state index is 10.9. The van der Waals surface area contributed by atoms with E-state index in [1.54, 1.807) is 7.41 Å². The summed E-state index contributed by atoms with van der Waals surface area (Å²) >= 11 is 0. The molecule has 1 saturated heterocycles. The van der Waals surface area contributed by atoms with Gasteiger partial charge in [-0.15, -0.1) is 0 Å². The second-order valence-corrected chi connectivity index (χ2v) is 12.8. The molecule has 0 amide bonds. The highest BCUT2D eigenvalue weighted by atomic mass is 28.4. The number of hydrogen-bond donors (Lipinski definition) is 0. The fourth-order valence-electron chi connectivity index (χ4n) is 3.20. The van der Waals surface area contributed by atoms with E-state index in [4.69, 9.17) is 4.43 Å². The summed E-state index contributed by atoms with van der Waals surface area (Å²) in [4.78, 5) is 13.2. The van der Waals surface area contributed by atoms with E-state index in [2.05, 4.69) is 50.8 Å². The van der Waals surface area contributed by atoms with Crippen LogP contribution < -0.4 is 0 Å². The Bertz CT molecular complexity index is 406. The lowest BCUT2D eigenvalue weighted by Crippen LogP contribution is -2.47. The summed E-state index contributed by atoms with van der Waals surface area (Å²) in [5.41, 5.74) is 0. The van der Waals surface area contributed by atoms with E-state index in [1.807, 2.05) is 0 Å². The molecule has 3 nitrogen and oxygen atoms in total. The monoisotopic (exact) mass is 306 g/mol. The van der Waals surface area contributed by atoms with Crippen molar-refractivity contribution >= 4 is 21.9 Å². The first-order valence-corrected chi connectivity index (χ1v) is 11.0. The van der Waals surface area contributed by atoms with Crippen molar-refractivity contribution in [2.24, 2.45) is 11.8 Å². The van der Waals surface area contributed by atoms with Gasteiger partial charge in [-0.1, -0.05) is 32.9 Å². The number of nitrogens with zero attached hydrogens (tertiary/aromatic N) is 1. The average molecular weight is 306 g/mol. The van der Waals surface area contributed by atoms with Gasteiger partial charge in [-0.2, -0.15) is 0 Å². The predicted octanol–water partition coefficient (Wildman–Crippen LogP) is 3.08. The second-order valence-electron chi connectivity index (χ2n) is 7.99. The van der Waals surface area contributed by atoms with Crippen molar-refractivity contribution in [3.8, 4) is 0 Å². The van der Waals surface area contributed by atoms with E-state index in [9.17, 15) is 4.79 Å². The van der Waals surface area contributed by atoms with Crippen molar-refractivity contribution in [2.75, 3.05) is 13.2 Å². The van der Waals surface area contributed by atoms with Crippen molar-refractivity contribution < 1.29 is 9.22 Å². The van der Waals surface area contributed by atoms with Gasteiger partial charge in [0.25, 0.3) is 7.41 Å². The summed E-state index contributed by atoms with van der Waals surface area (Å²) < 4.78 is 6.44. The minimum atomic E-state index is -1.73. The molecule has 3 atom stereocenters. The van der Waals surface area contributed by atoms with Gasteiger partial charge < -0.3 is 14.0 Å². The zero-order chi connectivity index (χ0) is 15.7. The highest BCUT2D eigenvalue weighted by molar-refractivity contribution is 6.74. The van der Waals surface area contributed by atoms with Gasteiger partial charge in [0.15, 0.2) is 8.32 Å². The molecule has 0 aromatic carbocycles. The fraction of sp³-hybridized carbons (Fsp3) is 0.812. The van der Waals surface area contributed by atoms with Gasteiger partial charge in [0.2, 0.25) is 0 Å². The van der Waals surface area contributed by atoms with Crippen LogP contribution in [0.4, 0.5) is 0 Å². The topological polar surface area (TPSA) is 29.5 Å². The molecule has 117 valence electrons. The zero-order valence-corrected chi connectivity index (χ0v) is 15.1. The first-order valence-electron chi connectivity index (χ1n) is 8.09. The number of hydrogen-bond acceptors (Lipinski definition) is 3. The highest BCUT2D eigenvalue weighted by Crippen LogP contribution is 2.40. The molecule has 0 aromatic rings. The van der Waals surface area contributed by atoms with Gasteiger partial charge in [-0.25, -0.2) is 0 Å². The van der Waals surface area contributed by atoms with Crippen molar-refractivity contribution in [3.05, 3.63) is 12.2 Å². The SMILES string of the molecule is CC(C)(C)[Si](C)(C)OC[C@@H]1C2CC=CCC2CN1[B]C=O. The molecule has 1 radical (unpaired) electrons. The summed E-state index contributed by atoms with van der Waals surface area (Å²) in [5, 5.41) is 0.233. The first-order chi connectivity index (χ1) is 9.76.